The Labute approximate surface area is 194 Å². The van der Waals surface area contributed by atoms with E-state index >= 15 is 0 Å². The number of aryl methyl sites for hydroxylation is 1. The summed E-state index contributed by atoms with van der Waals surface area (Å²) in [5, 5.41) is 21.4. The van der Waals surface area contributed by atoms with E-state index in [1.165, 1.54) is 23.1 Å². The van der Waals surface area contributed by atoms with E-state index in [9.17, 15) is 4.79 Å². The average molecular weight is 479 g/mol. The van der Waals surface area contributed by atoms with Crippen LogP contribution in [0.1, 0.15) is 37.7 Å². The Morgan fingerprint density at radius 2 is 2.10 bits per heavy atom. The number of nitrogens with zero attached hydrogens (tertiary/aromatic N) is 5. The number of benzene rings is 1. The lowest BCUT2D eigenvalue weighted by Gasteiger charge is -2.17. The third-order valence-corrected chi connectivity index (χ3v) is 6.59. The Morgan fingerprint density at radius 1 is 1.32 bits per heavy atom. The lowest BCUT2D eigenvalue weighted by atomic mass is 10.3. The molecule has 1 N–H and O–H groups in total. The number of amides is 1. The molecule has 0 saturated heterocycles. The van der Waals surface area contributed by atoms with Crippen molar-refractivity contribution in [3.8, 4) is 5.75 Å². The Morgan fingerprint density at radius 3 is 2.77 bits per heavy atom. The molecule has 11 heteroatoms. The van der Waals surface area contributed by atoms with Crippen LogP contribution < -0.4 is 10.1 Å². The zero-order chi connectivity index (χ0) is 22.4. The fourth-order valence-electron chi connectivity index (χ4n) is 2.64. The maximum Gasteiger partial charge on any atom is 0.239 e. The van der Waals surface area contributed by atoms with Crippen LogP contribution >= 0.6 is 34.7 Å². The Balaban J connectivity index is 1.72. The van der Waals surface area contributed by atoms with Crippen molar-refractivity contribution in [2.75, 3.05) is 5.32 Å². The number of thioether (sulfide) groups is 1. The molecule has 0 aliphatic carbocycles. The first-order chi connectivity index (χ1) is 14.9. The summed E-state index contributed by atoms with van der Waals surface area (Å²) < 4.78 is 7.86. The molecule has 0 bridgehead atoms. The highest BCUT2D eigenvalue weighted by Gasteiger charge is 2.24. The first-order valence-corrected chi connectivity index (χ1v) is 11.7. The molecule has 2 heterocycles. The van der Waals surface area contributed by atoms with Crippen molar-refractivity contribution in [2.24, 2.45) is 0 Å². The smallest absolute Gasteiger partial charge is 0.239 e. The van der Waals surface area contributed by atoms with Gasteiger partial charge in [0.2, 0.25) is 11.0 Å². The van der Waals surface area contributed by atoms with E-state index in [2.05, 4.69) is 32.3 Å². The van der Waals surface area contributed by atoms with Gasteiger partial charge in [0.15, 0.2) is 17.1 Å². The van der Waals surface area contributed by atoms with Crippen molar-refractivity contribution < 1.29 is 9.53 Å². The molecule has 3 aromatic rings. The molecule has 1 aromatic carbocycles. The summed E-state index contributed by atoms with van der Waals surface area (Å²) in [4.78, 5) is 12.6. The van der Waals surface area contributed by atoms with Crippen molar-refractivity contribution >= 4 is 45.7 Å². The first-order valence-electron chi connectivity index (χ1n) is 9.68. The highest BCUT2D eigenvalue weighted by Crippen LogP contribution is 2.30. The maximum atomic E-state index is 12.6. The van der Waals surface area contributed by atoms with Crippen LogP contribution in [0.5, 0.6) is 5.75 Å². The summed E-state index contributed by atoms with van der Waals surface area (Å²) in [5.41, 5.74) is 0. The predicted octanol–water partition coefficient (Wildman–Crippen LogP) is 4.79. The molecule has 2 aromatic heterocycles. The van der Waals surface area contributed by atoms with E-state index in [-0.39, 0.29) is 5.91 Å². The minimum absolute atomic E-state index is 0.182. The van der Waals surface area contributed by atoms with Crippen molar-refractivity contribution in [1.82, 2.24) is 25.0 Å². The second-order valence-electron chi connectivity index (χ2n) is 6.53. The molecule has 2 atom stereocenters. The van der Waals surface area contributed by atoms with Gasteiger partial charge in [-0.25, -0.2) is 0 Å². The van der Waals surface area contributed by atoms with E-state index in [1.807, 2.05) is 30.5 Å². The number of hydrogen-bond acceptors (Lipinski definition) is 8. The maximum absolute atomic E-state index is 12.6. The van der Waals surface area contributed by atoms with Crippen LogP contribution in [0.3, 0.4) is 0 Å². The average Bonchev–Trinajstić information content (AvgIpc) is 3.37. The van der Waals surface area contributed by atoms with Crippen molar-refractivity contribution in [1.29, 1.82) is 0 Å². The van der Waals surface area contributed by atoms with Gasteiger partial charge in [-0.1, -0.05) is 59.8 Å². The SMILES string of the molecule is C=CCn1c(SC(C)C(=O)Nc2nnc(CC)s2)nnc1C(C)Oc1ccccc1Cl. The van der Waals surface area contributed by atoms with Gasteiger partial charge < -0.3 is 4.74 Å². The topological polar surface area (TPSA) is 94.8 Å². The van der Waals surface area contributed by atoms with Crippen molar-refractivity contribution in [2.45, 2.75) is 50.2 Å². The van der Waals surface area contributed by atoms with Crippen LogP contribution in [0.15, 0.2) is 42.1 Å². The second kappa shape index (κ2) is 10.7. The Kier molecular flexibility index (Phi) is 8.05. The molecule has 0 radical (unpaired) electrons. The first kappa shape index (κ1) is 23.2. The number of halogens is 1. The standard InChI is InChI=1S/C20H23ClN6O2S2/c1-5-11-27-17(12(3)29-15-10-8-7-9-14(15)21)24-26-20(27)30-13(4)18(28)22-19-25-23-16(6-2)31-19/h5,7-10,12-13H,1,6,11H2,2-4H3,(H,22,25,28). The minimum atomic E-state index is -0.422. The van der Waals surface area contributed by atoms with Gasteiger partial charge in [-0.3, -0.25) is 14.7 Å². The number of anilines is 1. The van der Waals surface area contributed by atoms with Gasteiger partial charge in [-0.05, 0) is 32.4 Å². The number of aromatic nitrogens is 5. The fourth-order valence-corrected chi connectivity index (χ4v) is 4.37. The molecule has 164 valence electrons. The molecule has 2 unspecified atom stereocenters. The Hall–Kier alpha value is -2.43. The quantitative estimate of drug-likeness (QED) is 0.330. The summed E-state index contributed by atoms with van der Waals surface area (Å²) in [6, 6.07) is 7.26. The van der Waals surface area contributed by atoms with E-state index in [0.717, 1.165) is 11.4 Å². The van der Waals surface area contributed by atoms with Crippen LogP contribution in [-0.2, 0) is 17.8 Å². The molecule has 0 aliphatic rings. The van der Waals surface area contributed by atoms with E-state index in [4.69, 9.17) is 16.3 Å². The van der Waals surface area contributed by atoms with Gasteiger partial charge >= 0.3 is 0 Å². The molecular weight excluding hydrogens is 456 g/mol. The highest BCUT2D eigenvalue weighted by atomic mass is 35.5. The zero-order valence-corrected chi connectivity index (χ0v) is 19.8. The highest BCUT2D eigenvalue weighted by molar-refractivity contribution is 8.00. The third-order valence-electron chi connectivity index (χ3n) is 4.21. The molecule has 0 spiro atoms. The number of ether oxygens (including phenoxy) is 1. The van der Waals surface area contributed by atoms with Gasteiger partial charge in [0.1, 0.15) is 10.8 Å². The number of carbonyl (C=O) groups is 1. The molecule has 0 aliphatic heterocycles. The van der Waals surface area contributed by atoms with E-state index < -0.39 is 11.4 Å². The van der Waals surface area contributed by atoms with Gasteiger partial charge in [-0.15, -0.1) is 27.0 Å². The monoisotopic (exact) mass is 478 g/mol. The Bertz CT molecular complexity index is 1050. The van der Waals surface area contributed by atoms with Gasteiger partial charge in [-0.2, -0.15) is 0 Å². The molecule has 0 saturated carbocycles. The normalized spacial score (nSPS) is 12.9. The van der Waals surface area contributed by atoms with Gasteiger partial charge in [0, 0.05) is 6.54 Å². The third kappa shape index (κ3) is 5.84. The summed E-state index contributed by atoms with van der Waals surface area (Å²) in [7, 11) is 0. The molecule has 31 heavy (non-hydrogen) atoms. The minimum Gasteiger partial charge on any atom is -0.481 e. The van der Waals surface area contributed by atoms with Gasteiger partial charge in [0.05, 0.1) is 10.3 Å². The lowest BCUT2D eigenvalue weighted by molar-refractivity contribution is -0.115. The van der Waals surface area contributed by atoms with Crippen LogP contribution in [0, 0.1) is 0 Å². The number of allylic oxidation sites excluding steroid dienone is 1. The zero-order valence-electron chi connectivity index (χ0n) is 17.4. The number of hydrogen-bond donors (Lipinski definition) is 1. The molecular formula is C20H23ClN6O2S2. The molecule has 3 rings (SSSR count). The van der Waals surface area contributed by atoms with E-state index in [1.54, 1.807) is 25.1 Å². The summed E-state index contributed by atoms with van der Waals surface area (Å²) in [6.45, 7) is 9.96. The summed E-state index contributed by atoms with van der Waals surface area (Å²) in [6.07, 6.45) is 2.12. The summed E-state index contributed by atoms with van der Waals surface area (Å²) >= 11 is 8.87. The van der Waals surface area contributed by atoms with Crippen LogP contribution in [0.4, 0.5) is 5.13 Å². The number of carbonyl (C=O) groups excluding carboxylic acids is 1. The largest absolute Gasteiger partial charge is 0.481 e. The molecule has 0 fully saturated rings. The summed E-state index contributed by atoms with van der Waals surface area (Å²) in [5.74, 6) is 1.00. The van der Waals surface area contributed by atoms with Crippen LogP contribution in [0.25, 0.3) is 0 Å². The van der Waals surface area contributed by atoms with Crippen LogP contribution in [0.2, 0.25) is 5.02 Å². The number of nitrogens with one attached hydrogen (secondary N) is 1. The predicted molar refractivity (Wildman–Crippen MR) is 124 cm³/mol. The second-order valence-corrected chi connectivity index (χ2v) is 9.31. The fraction of sp³-hybridized carbons (Fsp3) is 0.350. The number of para-hydroxylation sites is 1. The van der Waals surface area contributed by atoms with E-state index in [0.29, 0.717) is 33.4 Å². The van der Waals surface area contributed by atoms with Crippen molar-refractivity contribution in [3.63, 3.8) is 0 Å². The van der Waals surface area contributed by atoms with Crippen LogP contribution in [-0.4, -0.2) is 36.1 Å². The number of rotatable bonds is 10. The molecule has 8 nitrogen and oxygen atoms in total. The van der Waals surface area contributed by atoms with Gasteiger partial charge in [0.25, 0.3) is 0 Å². The lowest BCUT2D eigenvalue weighted by Crippen LogP contribution is -2.23. The molecule has 1 amide bonds. The van der Waals surface area contributed by atoms with Crippen molar-refractivity contribution in [3.05, 3.63) is 52.8 Å².